The van der Waals surface area contributed by atoms with Gasteiger partial charge >= 0.3 is 0 Å². The lowest BCUT2D eigenvalue weighted by Crippen LogP contribution is -2.47. The van der Waals surface area contributed by atoms with Gasteiger partial charge in [0.15, 0.2) is 5.84 Å². The molecule has 0 amide bonds. The number of halogens is 1. The van der Waals surface area contributed by atoms with Gasteiger partial charge in [0.2, 0.25) is 0 Å². The monoisotopic (exact) mass is 336 g/mol. The number of fused-ring (bicyclic) bond motifs is 3. The Bertz CT molecular complexity index is 905. The molecule has 1 atom stereocenters. The van der Waals surface area contributed by atoms with Crippen LogP contribution < -0.4 is 4.90 Å². The first kappa shape index (κ1) is 15.7. The lowest BCUT2D eigenvalue weighted by atomic mass is 9.99. The molecular weight excluding hydrogens is 319 g/mol. The van der Waals surface area contributed by atoms with Gasteiger partial charge in [-0.15, -0.1) is 5.10 Å². The van der Waals surface area contributed by atoms with E-state index >= 15 is 0 Å². The van der Waals surface area contributed by atoms with Crippen molar-refractivity contribution in [3.05, 3.63) is 65.5 Å². The van der Waals surface area contributed by atoms with Gasteiger partial charge in [-0.3, -0.25) is 4.99 Å². The fourth-order valence-corrected chi connectivity index (χ4v) is 3.23. The van der Waals surface area contributed by atoms with E-state index in [0.717, 1.165) is 17.0 Å². The van der Waals surface area contributed by atoms with Crippen molar-refractivity contribution in [2.24, 2.45) is 15.2 Å². The van der Waals surface area contributed by atoms with Crippen molar-refractivity contribution in [3.63, 3.8) is 0 Å². The maximum Gasteiger partial charge on any atom is 0.154 e. The Hall–Kier alpha value is -2.86. The van der Waals surface area contributed by atoms with Gasteiger partial charge in [0, 0.05) is 11.1 Å². The third-order valence-electron chi connectivity index (χ3n) is 4.50. The first-order valence-electron chi connectivity index (χ1n) is 8.12. The number of aliphatic hydroxyl groups excluding tert-OH is 1. The molecule has 0 fully saturated rings. The summed E-state index contributed by atoms with van der Waals surface area (Å²) in [5.41, 5.74) is 3.74. The Balaban J connectivity index is 1.92. The largest absolute Gasteiger partial charge is 0.390 e. The number of aliphatic hydroxyl groups is 1. The smallest absolute Gasteiger partial charge is 0.154 e. The second-order valence-electron chi connectivity index (χ2n) is 6.00. The van der Waals surface area contributed by atoms with Crippen LogP contribution in [0.3, 0.4) is 0 Å². The Morgan fingerprint density at radius 1 is 1.16 bits per heavy atom. The summed E-state index contributed by atoms with van der Waals surface area (Å²) in [6, 6.07) is 14.2. The Kier molecular flexibility index (Phi) is 3.89. The lowest BCUT2D eigenvalue weighted by molar-refractivity contribution is 0.353. The van der Waals surface area contributed by atoms with Crippen molar-refractivity contribution in [2.75, 3.05) is 18.1 Å². The van der Waals surface area contributed by atoms with E-state index in [-0.39, 0.29) is 18.5 Å². The third kappa shape index (κ3) is 2.64. The Morgan fingerprint density at radius 3 is 2.72 bits per heavy atom. The summed E-state index contributed by atoms with van der Waals surface area (Å²) in [6.07, 6.45) is 0. The standard InChI is InChI=1S/C19H17FN4O/c1-12-16(11-25)22-23-18-10-21-19(13-5-3-2-4-6-13)15-9-14(20)7-8-17(15)24(12)18/h2-9,12,25H,10-11H2,1H3. The highest BCUT2D eigenvalue weighted by molar-refractivity contribution is 6.21. The molecule has 2 aromatic carbocycles. The molecule has 2 aliphatic rings. The quantitative estimate of drug-likeness (QED) is 0.916. The lowest BCUT2D eigenvalue weighted by Gasteiger charge is -2.33. The number of benzene rings is 2. The summed E-state index contributed by atoms with van der Waals surface area (Å²) in [5, 5.41) is 17.9. The molecule has 0 spiro atoms. The van der Waals surface area contributed by atoms with Crippen LogP contribution in [-0.4, -0.2) is 41.6 Å². The van der Waals surface area contributed by atoms with E-state index in [2.05, 4.69) is 10.2 Å². The Labute approximate surface area is 144 Å². The van der Waals surface area contributed by atoms with Crippen LogP contribution >= 0.6 is 0 Å². The first-order chi connectivity index (χ1) is 12.2. The third-order valence-corrected chi connectivity index (χ3v) is 4.50. The van der Waals surface area contributed by atoms with Crippen LogP contribution in [0, 0.1) is 5.82 Å². The minimum atomic E-state index is -0.316. The summed E-state index contributed by atoms with van der Waals surface area (Å²) in [5.74, 6) is 0.368. The molecule has 0 saturated carbocycles. The van der Waals surface area contributed by atoms with Crippen molar-refractivity contribution in [1.29, 1.82) is 0 Å². The zero-order valence-corrected chi connectivity index (χ0v) is 13.7. The molecule has 0 aromatic heterocycles. The van der Waals surface area contributed by atoms with E-state index in [9.17, 15) is 9.50 Å². The number of anilines is 1. The van der Waals surface area contributed by atoms with Crippen molar-refractivity contribution in [3.8, 4) is 0 Å². The summed E-state index contributed by atoms with van der Waals surface area (Å²) >= 11 is 0. The van der Waals surface area contributed by atoms with E-state index in [1.165, 1.54) is 12.1 Å². The minimum Gasteiger partial charge on any atom is -0.390 e. The zero-order chi connectivity index (χ0) is 17.4. The molecule has 126 valence electrons. The van der Waals surface area contributed by atoms with Gasteiger partial charge in [-0.05, 0) is 25.1 Å². The summed E-state index contributed by atoms with van der Waals surface area (Å²) in [7, 11) is 0. The van der Waals surface area contributed by atoms with Crippen LogP contribution in [0.2, 0.25) is 0 Å². The van der Waals surface area contributed by atoms with E-state index < -0.39 is 0 Å². The predicted molar refractivity (Wildman–Crippen MR) is 97.2 cm³/mol. The van der Waals surface area contributed by atoms with Crippen LogP contribution in [0.25, 0.3) is 0 Å². The van der Waals surface area contributed by atoms with Crippen LogP contribution in [0.4, 0.5) is 10.1 Å². The molecule has 4 rings (SSSR count). The number of nitrogens with zero attached hydrogens (tertiary/aromatic N) is 4. The molecule has 5 nitrogen and oxygen atoms in total. The first-order valence-corrected chi connectivity index (χ1v) is 8.12. The van der Waals surface area contributed by atoms with Crippen molar-refractivity contribution < 1.29 is 9.50 Å². The van der Waals surface area contributed by atoms with Crippen LogP contribution in [-0.2, 0) is 0 Å². The zero-order valence-electron chi connectivity index (χ0n) is 13.7. The maximum atomic E-state index is 14.0. The van der Waals surface area contributed by atoms with Gasteiger partial charge < -0.3 is 10.0 Å². The molecular formula is C19H17FN4O. The number of rotatable bonds is 2. The predicted octanol–water partition coefficient (Wildman–Crippen LogP) is 2.63. The fourth-order valence-electron chi connectivity index (χ4n) is 3.23. The normalized spacial score (nSPS) is 19.2. The number of hydrogen-bond donors (Lipinski definition) is 1. The van der Waals surface area contributed by atoms with E-state index in [4.69, 9.17) is 4.99 Å². The average Bonchev–Trinajstić information content (AvgIpc) is 2.80. The highest BCUT2D eigenvalue weighted by atomic mass is 19.1. The van der Waals surface area contributed by atoms with Gasteiger partial charge in [0.25, 0.3) is 0 Å². The van der Waals surface area contributed by atoms with Gasteiger partial charge in [0.1, 0.15) is 5.82 Å². The number of aliphatic imine (C=N–C) groups is 1. The summed E-state index contributed by atoms with van der Waals surface area (Å²) in [6.45, 7) is 2.12. The van der Waals surface area contributed by atoms with Crippen molar-refractivity contribution in [2.45, 2.75) is 13.0 Å². The van der Waals surface area contributed by atoms with Gasteiger partial charge in [0.05, 0.1) is 36.3 Å². The van der Waals surface area contributed by atoms with Crippen LogP contribution in [0.1, 0.15) is 18.1 Å². The van der Waals surface area contributed by atoms with Crippen molar-refractivity contribution in [1.82, 2.24) is 0 Å². The molecule has 0 saturated heterocycles. The molecule has 0 radical (unpaired) electrons. The minimum absolute atomic E-state index is 0.169. The Morgan fingerprint density at radius 2 is 1.96 bits per heavy atom. The molecule has 25 heavy (non-hydrogen) atoms. The topological polar surface area (TPSA) is 60.6 Å². The fraction of sp³-hybridized carbons (Fsp3) is 0.211. The molecule has 2 heterocycles. The molecule has 1 N–H and O–H groups in total. The van der Waals surface area contributed by atoms with Crippen LogP contribution in [0.15, 0.2) is 63.7 Å². The van der Waals surface area contributed by atoms with E-state index in [0.29, 0.717) is 23.7 Å². The highest BCUT2D eigenvalue weighted by Crippen LogP contribution is 2.31. The van der Waals surface area contributed by atoms with Gasteiger partial charge in [-0.1, -0.05) is 30.3 Å². The summed E-state index contributed by atoms with van der Waals surface area (Å²) < 4.78 is 14.0. The molecule has 0 aliphatic carbocycles. The molecule has 6 heteroatoms. The molecule has 2 aromatic rings. The van der Waals surface area contributed by atoms with Crippen molar-refractivity contribution >= 4 is 22.9 Å². The molecule has 2 aliphatic heterocycles. The van der Waals surface area contributed by atoms with Gasteiger partial charge in [-0.25, -0.2) is 4.39 Å². The maximum absolute atomic E-state index is 14.0. The number of amidine groups is 1. The number of hydrogen-bond acceptors (Lipinski definition) is 5. The second-order valence-corrected chi connectivity index (χ2v) is 6.00. The van der Waals surface area contributed by atoms with Gasteiger partial charge in [-0.2, -0.15) is 5.10 Å². The van der Waals surface area contributed by atoms with E-state index in [1.807, 2.05) is 42.2 Å². The summed E-state index contributed by atoms with van der Waals surface area (Å²) in [4.78, 5) is 6.67. The SMILES string of the molecule is CC1C(CO)=NN=C2CN=C(c3ccccc3)c3cc(F)ccc3N21. The molecule has 0 bridgehead atoms. The van der Waals surface area contributed by atoms with Crippen LogP contribution in [0.5, 0.6) is 0 Å². The second kappa shape index (κ2) is 6.22. The average molecular weight is 336 g/mol. The highest BCUT2D eigenvalue weighted by Gasteiger charge is 2.32. The van der Waals surface area contributed by atoms with E-state index in [1.54, 1.807) is 6.07 Å². The molecule has 1 unspecified atom stereocenters.